The maximum atomic E-state index is 2.41. The van der Waals surface area contributed by atoms with Gasteiger partial charge in [-0.3, -0.25) is 0 Å². The Labute approximate surface area is 309 Å². The summed E-state index contributed by atoms with van der Waals surface area (Å²) in [5, 5.41) is 12.9. The van der Waals surface area contributed by atoms with Crippen molar-refractivity contribution in [2.24, 2.45) is 0 Å². The lowest BCUT2D eigenvalue weighted by Crippen LogP contribution is -2.14. The Balaban J connectivity index is 0.988. The van der Waals surface area contributed by atoms with Crippen molar-refractivity contribution in [2.45, 2.75) is 19.3 Å². The molecule has 0 bridgehead atoms. The first-order valence-electron chi connectivity index (χ1n) is 18.7. The normalized spacial score (nSPS) is 13.2. The molecule has 0 atom stereocenters. The summed E-state index contributed by atoms with van der Waals surface area (Å²) in [7, 11) is 0. The molecule has 0 heteroatoms. The number of benzene rings is 10. The molecule has 0 nitrogen and oxygen atoms in total. The highest BCUT2D eigenvalue weighted by Crippen LogP contribution is 2.49. The van der Waals surface area contributed by atoms with Crippen LogP contribution < -0.4 is 0 Å². The quantitative estimate of drug-likeness (QED) is 0.164. The molecule has 0 amide bonds. The van der Waals surface area contributed by atoms with Gasteiger partial charge in [-0.05, 0) is 140 Å². The molecule has 248 valence electrons. The molecule has 0 radical (unpaired) electrons. The molecule has 0 aliphatic heterocycles. The summed E-state index contributed by atoms with van der Waals surface area (Å²) in [6.45, 7) is 4.70. The van der Waals surface area contributed by atoms with Crippen LogP contribution in [0.3, 0.4) is 0 Å². The Kier molecular flexibility index (Phi) is 6.40. The second-order valence-corrected chi connectivity index (χ2v) is 15.3. The predicted molar refractivity (Wildman–Crippen MR) is 228 cm³/mol. The summed E-state index contributed by atoms with van der Waals surface area (Å²) >= 11 is 0. The lowest BCUT2D eigenvalue weighted by molar-refractivity contribution is 0.660. The predicted octanol–water partition coefficient (Wildman–Crippen LogP) is 14.8. The molecule has 1 aliphatic carbocycles. The third-order valence-corrected chi connectivity index (χ3v) is 12.0. The van der Waals surface area contributed by atoms with E-state index in [-0.39, 0.29) is 5.41 Å². The highest BCUT2D eigenvalue weighted by molar-refractivity contribution is 6.29. The standard InChI is InChI=1S/C53H36/c1-53(2)49-17-8-7-15-45(49)46-27-26-40(32-50(46)53)39-24-23-37-28-36(21-22-38(37)29-39)35-11-9-12-41(30-35)48-31-42-25-20-34-19-18-33-10-3-4-13-43(33)51(34)52(42)47-16-6-5-14-44(47)48/h3-32H,1-2H3. The minimum Gasteiger partial charge on any atom is -0.0619 e. The van der Waals surface area contributed by atoms with E-state index in [0.717, 1.165) is 0 Å². The molecule has 53 heavy (non-hydrogen) atoms. The van der Waals surface area contributed by atoms with Gasteiger partial charge in [-0.15, -0.1) is 0 Å². The second kappa shape index (κ2) is 11.2. The lowest BCUT2D eigenvalue weighted by Gasteiger charge is -2.22. The Bertz CT molecular complexity index is 3140. The molecule has 0 spiro atoms. The van der Waals surface area contributed by atoms with E-state index in [1.54, 1.807) is 0 Å². The number of rotatable bonds is 3. The SMILES string of the molecule is CC1(C)c2ccccc2-c2ccc(-c3ccc4cc(-c5cccc(-c6cc7ccc8ccc9ccccc9c8c7c7ccccc67)c5)ccc4c3)cc21. The van der Waals surface area contributed by atoms with Crippen LogP contribution in [0.25, 0.3) is 98.4 Å². The molecule has 11 rings (SSSR count). The van der Waals surface area contributed by atoms with Crippen molar-refractivity contribution in [2.75, 3.05) is 0 Å². The van der Waals surface area contributed by atoms with Gasteiger partial charge in [0, 0.05) is 5.41 Å². The van der Waals surface area contributed by atoms with Crippen molar-refractivity contribution < 1.29 is 0 Å². The van der Waals surface area contributed by atoms with Crippen molar-refractivity contribution in [3.05, 3.63) is 193 Å². The van der Waals surface area contributed by atoms with E-state index in [4.69, 9.17) is 0 Å². The van der Waals surface area contributed by atoms with Crippen molar-refractivity contribution in [3.63, 3.8) is 0 Å². The van der Waals surface area contributed by atoms with Gasteiger partial charge in [0.2, 0.25) is 0 Å². The van der Waals surface area contributed by atoms with Crippen molar-refractivity contribution in [3.8, 4) is 44.5 Å². The van der Waals surface area contributed by atoms with E-state index in [1.165, 1.54) is 109 Å². The molecule has 10 aromatic carbocycles. The summed E-state index contributed by atoms with van der Waals surface area (Å²) < 4.78 is 0. The van der Waals surface area contributed by atoms with Crippen LogP contribution in [-0.4, -0.2) is 0 Å². The average Bonchev–Trinajstić information content (AvgIpc) is 3.45. The fourth-order valence-corrected chi connectivity index (χ4v) is 9.29. The zero-order valence-electron chi connectivity index (χ0n) is 29.8. The zero-order valence-corrected chi connectivity index (χ0v) is 29.8. The van der Waals surface area contributed by atoms with E-state index in [1.807, 2.05) is 0 Å². The van der Waals surface area contributed by atoms with Gasteiger partial charge < -0.3 is 0 Å². The molecule has 0 heterocycles. The molecule has 0 saturated heterocycles. The van der Waals surface area contributed by atoms with Gasteiger partial charge in [0.05, 0.1) is 0 Å². The molecule has 0 fully saturated rings. The van der Waals surface area contributed by atoms with Gasteiger partial charge in [0.15, 0.2) is 0 Å². The topological polar surface area (TPSA) is 0 Å². The van der Waals surface area contributed by atoms with Crippen LogP contribution >= 0.6 is 0 Å². The van der Waals surface area contributed by atoms with Gasteiger partial charge in [-0.1, -0.05) is 166 Å². The number of fused-ring (bicyclic) bond motifs is 11. The maximum Gasteiger partial charge on any atom is 0.0159 e. The van der Waals surface area contributed by atoms with Crippen LogP contribution in [0.1, 0.15) is 25.0 Å². The molecule has 1 aliphatic rings. The molecule has 0 aromatic heterocycles. The Morgan fingerprint density at radius 1 is 0.283 bits per heavy atom. The second-order valence-electron chi connectivity index (χ2n) is 15.3. The highest BCUT2D eigenvalue weighted by atomic mass is 14.4. The summed E-state index contributed by atoms with van der Waals surface area (Å²) in [4.78, 5) is 0. The fraction of sp³-hybridized carbons (Fsp3) is 0.0566. The third kappa shape index (κ3) is 4.55. The van der Waals surface area contributed by atoms with Crippen LogP contribution in [0, 0.1) is 0 Å². The maximum absolute atomic E-state index is 2.41. The van der Waals surface area contributed by atoms with Gasteiger partial charge in [-0.2, -0.15) is 0 Å². The molecular weight excluding hydrogens is 637 g/mol. The van der Waals surface area contributed by atoms with Crippen LogP contribution in [0.2, 0.25) is 0 Å². The molecule has 0 unspecified atom stereocenters. The van der Waals surface area contributed by atoms with E-state index in [2.05, 4.69) is 196 Å². The third-order valence-electron chi connectivity index (χ3n) is 12.0. The summed E-state index contributed by atoms with van der Waals surface area (Å²) in [5.41, 5.74) is 13.0. The summed E-state index contributed by atoms with van der Waals surface area (Å²) in [6, 6.07) is 68.0. The average molecular weight is 673 g/mol. The van der Waals surface area contributed by atoms with Gasteiger partial charge >= 0.3 is 0 Å². The monoisotopic (exact) mass is 672 g/mol. The smallest absolute Gasteiger partial charge is 0.0159 e. The van der Waals surface area contributed by atoms with Crippen LogP contribution in [0.4, 0.5) is 0 Å². The van der Waals surface area contributed by atoms with Crippen LogP contribution in [-0.2, 0) is 5.41 Å². The highest BCUT2D eigenvalue weighted by Gasteiger charge is 2.35. The largest absolute Gasteiger partial charge is 0.0619 e. The first-order valence-corrected chi connectivity index (χ1v) is 18.7. The Hall–Kier alpha value is -6.50. The summed E-state index contributed by atoms with van der Waals surface area (Å²) in [6.07, 6.45) is 0. The van der Waals surface area contributed by atoms with Crippen molar-refractivity contribution >= 4 is 53.9 Å². The lowest BCUT2D eigenvalue weighted by atomic mass is 9.81. The molecule has 0 N–H and O–H groups in total. The first kappa shape index (κ1) is 30.2. The van der Waals surface area contributed by atoms with Crippen molar-refractivity contribution in [1.82, 2.24) is 0 Å². The molecular formula is C53H36. The van der Waals surface area contributed by atoms with E-state index in [9.17, 15) is 0 Å². The Morgan fingerprint density at radius 2 is 0.830 bits per heavy atom. The minimum atomic E-state index is -0.00930. The minimum absolute atomic E-state index is 0.00930. The van der Waals surface area contributed by atoms with E-state index >= 15 is 0 Å². The van der Waals surface area contributed by atoms with E-state index < -0.39 is 0 Å². The Morgan fingerprint density at radius 3 is 1.64 bits per heavy atom. The zero-order chi connectivity index (χ0) is 35.3. The molecule has 0 saturated carbocycles. The van der Waals surface area contributed by atoms with Crippen LogP contribution in [0.5, 0.6) is 0 Å². The molecule has 10 aromatic rings. The van der Waals surface area contributed by atoms with Crippen LogP contribution in [0.15, 0.2) is 182 Å². The van der Waals surface area contributed by atoms with Gasteiger partial charge in [-0.25, -0.2) is 0 Å². The fourth-order valence-electron chi connectivity index (χ4n) is 9.29. The van der Waals surface area contributed by atoms with Gasteiger partial charge in [0.25, 0.3) is 0 Å². The van der Waals surface area contributed by atoms with Gasteiger partial charge in [0.1, 0.15) is 0 Å². The van der Waals surface area contributed by atoms with Crippen molar-refractivity contribution in [1.29, 1.82) is 0 Å². The number of hydrogen-bond donors (Lipinski definition) is 0. The number of hydrogen-bond acceptors (Lipinski definition) is 0. The van der Waals surface area contributed by atoms with E-state index in [0.29, 0.717) is 0 Å². The first-order chi connectivity index (χ1) is 26.0. The summed E-state index contributed by atoms with van der Waals surface area (Å²) in [5.74, 6) is 0.